The lowest BCUT2D eigenvalue weighted by Gasteiger charge is -1.53. The van der Waals surface area contributed by atoms with Gasteiger partial charge >= 0.3 is 4.70 Å². The fourth-order valence-electron chi connectivity index (χ4n) is 0. The Morgan fingerprint density at radius 2 is 1.12 bits per heavy atom. The molecule has 0 bridgehead atoms. The van der Waals surface area contributed by atoms with Gasteiger partial charge in [-0.1, -0.05) is 35.4 Å². The van der Waals surface area contributed by atoms with Crippen LogP contribution in [0.2, 0.25) is 0 Å². The first kappa shape index (κ1) is 11.7. The average molecular weight is 214 g/mol. The van der Waals surface area contributed by atoms with Crippen LogP contribution in [-0.4, -0.2) is 8.48 Å². The van der Waals surface area contributed by atoms with Gasteiger partial charge in [0.05, 0.1) is 0 Å². The van der Waals surface area contributed by atoms with Crippen LogP contribution in [0.1, 0.15) is 0 Å². The van der Waals surface area contributed by atoms with Crippen molar-refractivity contribution in [1.29, 1.82) is 0 Å². The molecule has 0 aromatic heterocycles. The topological polar surface area (TPSA) is 17.1 Å². The molecular weight excluding hydrogens is 214 g/mol. The second-order valence-electron chi connectivity index (χ2n) is 0.451. The molecule has 0 spiro atoms. The second-order valence-corrected chi connectivity index (χ2v) is 3.14. The summed E-state index contributed by atoms with van der Waals surface area (Å²) in [6.45, 7) is 0. The van der Waals surface area contributed by atoms with Crippen LogP contribution in [0.25, 0.3) is 0 Å². The van der Waals surface area contributed by atoms with Gasteiger partial charge in [0, 0.05) is 0 Å². The molecular formula is C2Cl4OS. The first-order valence-electron chi connectivity index (χ1n) is 1.16. The first-order valence-corrected chi connectivity index (χ1v) is 3.08. The zero-order valence-corrected chi connectivity index (χ0v) is 7.17. The van der Waals surface area contributed by atoms with Crippen molar-refractivity contribution < 1.29 is 4.79 Å². The molecule has 0 rings (SSSR count). The van der Waals surface area contributed by atoms with E-state index in [1.807, 2.05) is 0 Å². The number of halogens is 4. The van der Waals surface area contributed by atoms with E-state index in [-0.39, 0.29) is 3.78 Å². The van der Waals surface area contributed by atoms with Crippen LogP contribution in [0.15, 0.2) is 0 Å². The van der Waals surface area contributed by atoms with Crippen LogP contribution in [-0.2, 0) is 0 Å². The Labute approximate surface area is 71.8 Å². The van der Waals surface area contributed by atoms with Crippen molar-refractivity contribution in [1.82, 2.24) is 0 Å². The van der Waals surface area contributed by atoms with Gasteiger partial charge in [0.25, 0.3) is 0 Å². The van der Waals surface area contributed by atoms with Gasteiger partial charge in [0.2, 0.25) is 0 Å². The minimum atomic E-state index is -0.889. The van der Waals surface area contributed by atoms with Gasteiger partial charge in [0.1, 0.15) is 0 Å². The van der Waals surface area contributed by atoms with E-state index in [1.54, 1.807) is 0 Å². The standard InChI is InChI=1S/CCl2O.CCl2S/c2*2-1(3)4. The molecule has 0 aromatic rings. The number of thiocarbonyl (C=S) groups is 1. The molecule has 0 N–H and O–H groups in total. The molecule has 0 saturated carbocycles. The molecule has 48 valence electrons. The summed E-state index contributed by atoms with van der Waals surface area (Å²) in [4.78, 5) is 8.98. The van der Waals surface area contributed by atoms with Crippen molar-refractivity contribution >= 4 is 67.1 Å². The predicted octanol–water partition coefficient (Wildman–Crippen LogP) is 3.33. The van der Waals surface area contributed by atoms with E-state index < -0.39 is 4.70 Å². The molecule has 0 heterocycles. The van der Waals surface area contributed by atoms with Crippen LogP contribution in [0.4, 0.5) is 4.79 Å². The van der Waals surface area contributed by atoms with Crippen molar-refractivity contribution in [3.05, 3.63) is 0 Å². The van der Waals surface area contributed by atoms with Gasteiger partial charge in [0.15, 0.2) is 3.78 Å². The van der Waals surface area contributed by atoms with E-state index in [2.05, 4.69) is 35.4 Å². The van der Waals surface area contributed by atoms with Crippen molar-refractivity contribution in [3.63, 3.8) is 0 Å². The Balaban J connectivity index is 0. The third kappa shape index (κ3) is 287. The smallest absolute Gasteiger partial charge is 0.262 e. The highest BCUT2D eigenvalue weighted by Crippen LogP contribution is 1.86. The number of hydrogen-bond acceptors (Lipinski definition) is 2. The minimum Gasteiger partial charge on any atom is -0.262 e. The molecule has 0 atom stereocenters. The van der Waals surface area contributed by atoms with Crippen molar-refractivity contribution in [2.24, 2.45) is 0 Å². The highest BCUT2D eigenvalue weighted by atomic mass is 35.5. The largest absolute Gasteiger partial charge is 0.313 e. The van der Waals surface area contributed by atoms with Crippen LogP contribution >= 0.6 is 58.6 Å². The van der Waals surface area contributed by atoms with Crippen LogP contribution in [0, 0.1) is 0 Å². The maximum atomic E-state index is 8.98. The predicted molar refractivity (Wildman–Crippen MR) is 41.4 cm³/mol. The third-order valence-corrected chi connectivity index (χ3v) is 0. The van der Waals surface area contributed by atoms with Crippen LogP contribution < -0.4 is 0 Å². The van der Waals surface area contributed by atoms with E-state index in [4.69, 9.17) is 28.0 Å². The molecule has 0 aromatic carbocycles. The summed E-state index contributed by atoms with van der Waals surface area (Å²) in [5.74, 6) is 0. The zero-order valence-electron chi connectivity index (χ0n) is 3.33. The van der Waals surface area contributed by atoms with Gasteiger partial charge in [-0.15, -0.1) is 0 Å². The van der Waals surface area contributed by atoms with Gasteiger partial charge in [-0.25, -0.2) is 0 Å². The Morgan fingerprint density at radius 1 is 1.12 bits per heavy atom. The molecule has 0 aliphatic rings. The van der Waals surface area contributed by atoms with Gasteiger partial charge in [-0.05, 0) is 23.2 Å². The Hall–Kier alpha value is 0.920. The Bertz CT molecular complexity index is 72.0. The molecule has 0 fully saturated rings. The first-order chi connectivity index (χ1) is 3.46. The lowest BCUT2D eigenvalue weighted by Crippen LogP contribution is -1.46. The molecule has 0 aliphatic carbocycles. The summed E-state index contributed by atoms with van der Waals surface area (Å²) in [6, 6.07) is 0. The molecule has 8 heavy (non-hydrogen) atoms. The molecule has 0 unspecified atom stereocenters. The molecule has 0 aliphatic heterocycles. The fraction of sp³-hybridized carbons (Fsp3) is 0. The third-order valence-electron chi connectivity index (χ3n) is 0. The SMILES string of the molecule is O=C(Cl)Cl.S=C(Cl)Cl. The van der Waals surface area contributed by atoms with Crippen LogP contribution in [0.3, 0.4) is 0 Å². The van der Waals surface area contributed by atoms with E-state index in [1.165, 1.54) is 0 Å². The summed E-state index contributed by atoms with van der Waals surface area (Å²) in [5.41, 5.74) is 0. The summed E-state index contributed by atoms with van der Waals surface area (Å²) in [5, 5.41) is 0. The lowest BCUT2D eigenvalue weighted by atomic mass is 11.8. The maximum Gasteiger partial charge on any atom is 0.313 e. The maximum absolute atomic E-state index is 8.98. The summed E-state index contributed by atoms with van der Waals surface area (Å²) < 4.78 is -0.944. The Kier molecular flexibility index (Phi) is 11.6. The van der Waals surface area contributed by atoms with E-state index in [0.717, 1.165) is 0 Å². The lowest BCUT2D eigenvalue weighted by molar-refractivity contribution is 0.275. The molecule has 1 nitrogen and oxygen atoms in total. The van der Waals surface area contributed by atoms with Crippen molar-refractivity contribution in [3.8, 4) is 0 Å². The van der Waals surface area contributed by atoms with Gasteiger partial charge < -0.3 is 0 Å². The summed E-state index contributed by atoms with van der Waals surface area (Å²) in [6.07, 6.45) is 0. The number of carbonyl (C=O) groups is 1. The normalized spacial score (nSPS) is 6.50. The highest BCUT2D eigenvalue weighted by Gasteiger charge is 1.72. The number of rotatable bonds is 0. The van der Waals surface area contributed by atoms with Crippen molar-refractivity contribution in [2.75, 3.05) is 0 Å². The second kappa shape index (κ2) is 7.92. The monoisotopic (exact) mass is 212 g/mol. The van der Waals surface area contributed by atoms with Gasteiger partial charge in [-0.3, -0.25) is 4.79 Å². The number of carbonyl (C=O) groups excluding carboxylic acids is 1. The quantitative estimate of drug-likeness (QED) is 0.454. The summed E-state index contributed by atoms with van der Waals surface area (Å²) >= 11 is 22.4. The Morgan fingerprint density at radius 3 is 1.12 bits per heavy atom. The van der Waals surface area contributed by atoms with E-state index in [0.29, 0.717) is 0 Å². The van der Waals surface area contributed by atoms with E-state index in [9.17, 15) is 0 Å². The minimum absolute atomic E-state index is 0.0556. The zero-order chi connectivity index (χ0) is 7.15. The number of hydrogen-bond donors (Lipinski definition) is 0. The highest BCUT2D eigenvalue weighted by molar-refractivity contribution is 7.86. The average Bonchev–Trinajstić information content (AvgIpc) is 1.25. The van der Waals surface area contributed by atoms with Crippen molar-refractivity contribution in [2.45, 2.75) is 0 Å². The fourth-order valence-corrected chi connectivity index (χ4v) is 0. The van der Waals surface area contributed by atoms with Gasteiger partial charge in [-0.2, -0.15) is 0 Å². The van der Waals surface area contributed by atoms with Crippen LogP contribution in [0.5, 0.6) is 0 Å². The molecule has 6 heteroatoms. The van der Waals surface area contributed by atoms with E-state index >= 15 is 0 Å². The summed E-state index contributed by atoms with van der Waals surface area (Å²) in [7, 11) is 0. The molecule has 0 amide bonds. The molecule has 0 saturated heterocycles. The molecule has 0 radical (unpaired) electrons.